The van der Waals surface area contributed by atoms with Crippen LogP contribution < -0.4 is 0 Å². The highest BCUT2D eigenvalue weighted by atomic mass is 14.1. The van der Waals surface area contributed by atoms with Crippen molar-refractivity contribution < 1.29 is 0 Å². The van der Waals surface area contributed by atoms with Crippen LogP contribution >= 0.6 is 0 Å². The minimum Gasteiger partial charge on any atom is -0.106 e. The second kappa shape index (κ2) is 22.5. The van der Waals surface area contributed by atoms with Crippen LogP contribution in [0.3, 0.4) is 0 Å². The third-order valence-electron chi connectivity index (χ3n) is 9.28. The molecule has 7 rings (SSSR count). The van der Waals surface area contributed by atoms with Gasteiger partial charge in [-0.2, -0.15) is 0 Å². The average Bonchev–Trinajstić information content (AvgIpc) is 3.20. The van der Waals surface area contributed by atoms with Gasteiger partial charge in [0.1, 0.15) is 0 Å². The first kappa shape index (κ1) is 42.0. The second-order valence-corrected chi connectivity index (χ2v) is 13.3. The van der Waals surface area contributed by atoms with Crippen molar-refractivity contribution in [1.82, 2.24) is 0 Å². The van der Waals surface area contributed by atoms with E-state index in [1.54, 1.807) is 0 Å². The van der Waals surface area contributed by atoms with Gasteiger partial charge in [-0.05, 0) is 122 Å². The Morgan fingerprint density at radius 1 is 0.453 bits per heavy atom. The quantitative estimate of drug-likeness (QED) is 0.157. The molecule has 0 heterocycles. The molecule has 0 bridgehead atoms. The number of rotatable bonds is 5. The van der Waals surface area contributed by atoms with E-state index in [-0.39, 0.29) is 0 Å². The van der Waals surface area contributed by atoms with Crippen LogP contribution in [0.2, 0.25) is 0 Å². The van der Waals surface area contributed by atoms with Gasteiger partial charge in [-0.25, -0.2) is 0 Å². The van der Waals surface area contributed by atoms with E-state index >= 15 is 0 Å². The Morgan fingerprint density at radius 3 is 1.43 bits per heavy atom. The van der Waals surface area contributed by atoms with E-state index in [9.17, 15) is 0 Å². The molecule has 0 fully saturated rings. The van der Waals surface area contributed by atoms with E-state index in [0.29, 0.717) is 0 Å². The van der Waals surface area contributed by atoms with E-state index in [4.69, 9.17) is 0 Å². The highest BCUT2D eigenvalue weighted by molar-refractivity contribution is 5.79. The van der Waals surface area contributed by atoms with Gasteiger partial charge in [0.2, 0.25) is 0 Å². The van der Waals surface area contributed by atoms with Gasteiger partial charge in [-0.15, -0.1) is 13.2 Å². The highest BCUT2D eigenvalue weighted by Gasteiger charge is 2.09. The zero-order chi connectivity index (χ0) is 38.6. The molecule has 0 nitrogen and oxygen atoms in total. The van der Waals surface area contributed by atoms with Gasteiger partial charge in [-0.3, -0.25) is 0 Å². The molecule has 53 heavy (non-hydrogen) atoms. The molecule has 1 aliphatic carbocycles. The maximum atomic E-state index is 3.00. The van der Waals surface area contributed by atoms with Crippen molar-refractivity contribution in [2.45, 2.75) is 74.7 Å². The highest BCUT2D eigenvalue weighted by Crippen LogP contribution is 2.30. The van der Waals surface area contributed by atoms with Crippen LogP contribution in [0.1, 0.15) is 78.1 Å². The van der Waals surface area contributed by atoms with Gasteiger partial charge in [0.05, 0.1) is 0 Å². The molecule has 0 spiro atoms. The molecule has 1 aliphatic rings. The number of benzene rings is 6. The molecule has 0 saturated heterocycles. The summed E-state index contributed by atoms with van der Waals surface area (Å²) in [6.45, 7) is 23.0. The van der Waals surface area contributed by atoms with Gasteiger partial charge in [0.25, 0.3) is 0 Å². The smallest absolute Gasteiger partial charge is 0.00258 e. The number of hydrogen-bond donors (Lipinski definition) is 0. The van der Waals surface area contributed by atoms with Gasteiger partial charge < -0.3 is 0 Å². The van der Waals surface area contributed by atoms with Crippen molar-refractivity contribution in [3.63, 3.8) is 0 Å². The largest absolute Gasteiger partial charge is 0.106 e. The lowest BCUT2D eigenvalue weighted by atomic mass is 9.90. The predicted molar refractivity (Wildman–Crippen MR) is 237 cm³/mol. The molecule has 0 aliphatic heterocycles. The van der Waals surface area contributed by atoms with Gasteiger partial charge in [-0.1, -0.05) is 188 Å². The molecular weight excluding hydrogens is 637 g/mol. The molecule has 6 aromatic rings. The Kier molecular flexibility index (Phi) is 17.8. The van der Waals surface area contributed by atoms with Crippen LogP contribution in [0.4, 0.5) is 0 Å². The van der Waals surface area contributed by atoms with Gasteiger partial charge >= 0.3 is 0 Å². The molecular formula is C53H60. The van der Waals surface area contributed by atoms with E-state index in [0.717, 1.165) is 6.42 Å². The molecule has 0 atom stereocenters. The molecule has 6 aromatic carbocycles. The summed E-state index contributed by atoms with van der Waals surface area (Å²) in [4.78, 5) is 0. The fraction of sp³-hybridized carbons (Fsp3) is 0.208. The summed E-state index contributed by atoms with van der Waals surface area (Å²) in [5, 5.41) is 0. The van der Waals surface area contributed by atoms with Gasteiger partial charge in [0, 0.05) is 0 Å². The Morgan fingerprint density at radius 2 is 0.906 bits per heavy atom. The van der Waals surface area contributed by atoms with E-state index in [1.807, 2.05) is 13.8 Å². The molecule has 0 radical (unpaired) electrons. The monoisotopic (exact) mass is 696 g/mol. The predicted octanol–water partition coefficient (Wildman–Crippen LogP) is 15.5. The summed E-state index contributed by atoms with van der Waals surface area (Å²) in [6, 6.07) is 51.9. The minimum atomic E-state index is 0.995. The third kappa shape index (κ3) is 12.9. The number of aryl methyl sites for hydroxylation is 5. The fourth-order valence-electron chi connectivity index (χ4n) is 6.27. The summed E-state index contributed by atoms with van der Waals surface area (Å²) < 4.78 is 0. The van der Waals surface area contributed by atoms with Crippen LogP contribution in [-0.2, 0) is 6.42 Å². The fourth-order valence-corrected chi connectivity index (χ4v) is 6.27. The summed E-state index contributed by atoms with van der Waals surface area (Å²) in [5.74, 6) is 0. The van der Waals surface area contributed by atoms with Crippen molar-refractivity contribution in [3.8, 4) is 22.3 Å². The Labute approximate surface area is 322 Å². The van der Waals surface area contributed by atoms with Crippen molar-refractivity contribution in [2.75, 3.05) is 0 Å². The maximum absolute atomic E-state index is 3.00. The third-order valence-corrected chi connectivity index (χ3v) is 9.28. The lowest BCUT2D eigenvalue weighted by Gasteiger charge is -2.15. The van der Waals surface area contributed by atoms with Crippen LogP contribution in [0.25, 0.3) is 27.8 Å². The molecule has 0 amide bonds. The van der Waals surface area contributed by atoms with Gasteiger partial charge in [0.15, 0.2) is 0 Å². The standard InChI is InChI=1S/C20H18.C15H18.C14H14.C2H6.C2H4/c1-16-7-11-19(12-8-16)20-13-9-18(10-14-20)15-17-5-3-2-4-6-17;1-11-8-9-13(3)15(10-11)14-7-5-4-6-12(14)2;1-11-7-3-5-9-13(11)14-10-6-4-8-12(14)2;2*1-2/h2-14H,15H2,1H3;5,7-10H,4,6H2,1-3H3;3-10H,1-2H3;1-2H3;1-2H2. The molecule has 272 valence electrons. The van der Waals surface area contributed by atoms with E-state index < -0.39 is 0 Å². The molecule has 0 aromatic heterocycles. The number of hydrogen-bond acceptors (Lipinski definition) is 0. The van der Waals surface area contributed by atoms with E-state index in [1.165, 1.54) is 90.7 Å². The summed E-state index contributed by atoms with van der Waals surface area (Å²) in [6.07, 6.45) is 7.96. The first-order valence-electron chi connectivity index (χ1n) is 19.0. The summed E-state index contributed by atoms with van der Waals surface area (Å²) in [5.41, 5.74) is 19.0. The summed E-state index contributed by atoms with van der Waals surface area (Å²) in [7, 11) is 0. The Hall–Kier alpha value is -5.46. The molecule has 0 N–H and O–H groups in total. The Bertz CT molecular complexity index is 1980. The van der Waals surface area contributed by atoms with Crippen LogP contribution in [0.5, 0.6) is 0 Å². The van der Waals surface area contributed by atoms with Crippen LogP contribution in [-0.4, -0.2) is 0 Å². The zero-order valence-electron chi connectivity index (χ0n) is 33.5. The maximum Gasteiger partial charge on any atom is -0.00258 e. The average molecular weight is 697 g/mol. The van der Waals surface area contributed by atoms with E-state index in [2.05, 4.69) is 212 Å². The van der Waals surface area contributed by atoms with Crippen molar-refractivity contribution in [2.24, 2.45) is 0 Å². The minimum absolute atomic E-state index is 0.995. The Balaban J connectivity index is 0.000000208. The molecule has 0 saturated carbocycles. The van der Waals surface area contributed by atoms with Crippen LogP contribution in [0.15, 0.2) is 176 Å². The lowest BCUT2D eigenvalue weighted by molar-refractivity contribution is 0.966. The molecule has 0 heteroatoms. The number of allylic oxidation sites excluding steroid dienone is 4. The first-order valence-corrected chi connectivity index (χ1v) is 19.0. The lowest BCUT2D eigenvalue weighted by Crippen LogP contribution is -1.94. The van der Waals surface area contributed by atoms with Crippen LogP contribution in [0, 0.1) is 34.6 Å². The topological polar surface area (TPSA) is 0 Å². The van der Waals surface area contributed by atoms with Crippen molar-refractivity contribution in [1.29, 1.82) is 0 Å². The first-order chi connectivity index (χ1) is 25.8. The van der Waals surface area contributed by atoms with Crippen molar-refractivity contribution in [3.05, 3.63) is 221 Å². The summed E-state index contributed by atoms with van der Waals surface area (Å²) >= 11 is 0. The SMILES string of the molecule is C=C.CC.CC1=C(c2cc(C)ccc2C)C=CCC1.Cc1ccc(-c2ccc(Cc3ccccc3)cc2)cc1.Cc1ccccc1-c1ccccc1C. The molecule has 0 unspecified atom stereocenters. The zero-order valence-corrected chi connectivity index (χ0v) is 33.5. The van der Waals surface area contributed by atoms with Crippen molar-refractivity contribution >= 4 is 5.57 Å². The second-order valence-electron chi connectivity index (χ2n) is 13.3. The normalized spacial score (nSPS) is 11.3.